The van der Waals surface area contributed by atoms with E-state index in [2.05, 4.69) is 70.9 Å². The summed E-state index contributed by atoms with van der Waals surface area (Å²) in [5.74, 6) is 0.415. The average Bonchev–Trinajstić information content (AvgIpc) is 3.19. The van der Waals surface area contributed by atoms with Crippen LogP contribution in [0, 0.1) is 0 Å². The highest BCUT2D eigenvalue weighted by Crippen LogP contribution is 2.45. The van der Waals surface area contributed by atoms with E-state index in [1.54, 1.807) is 0 Å². The number of benzene rings is 2. The van der Waals surface area contributed by atoms with Gasteiger partial charge in [0.05, 0.1) is 0 Å². The summed E-state index contributed by atoms with van der Waals surface area (Å²) in [6.45, 7) is 6.45. The van der Waals surface area contributed by atoms with Gasteiger partial charge in [-0.25, -0.2) is 4.79 Å². The summed E-state index contributed by atoms with van der Waals surface area (Å²) in [6.07, 6.45) is 4.25. The summed E-state index contributed by atoms with van der Waals surface area (Å²) >= 11 is 1.82. The number of amides is 2. The maximum Gasteiger partial charge on any atom is 0.317 e. The van der Waals surface area contributed by atoms with Crippen molar-refractivity contribution in [1.29, 1.82) is 0 Å². The van der Waals surface area contributed by atoms with E-state index in [1.807, 2.05) is 30.5 Å². The fourth-order valence-electron chi connectivity index (χ4n) is 5.55. The highest BCUT2D eigenvalue weighted by atomic mass is 32.2. The highest BCUT2D eigenvalue weighted by molar-refractivity contribution is 7.99. The van der Waals surface area contributed by atoms with Crippen LogP contribution in [0.4, 0.5) is 4.79 Å². The standard InChI is InChI=1S/C26H32N4OS/c1-4-30(5-2)26(31)28-18-12-21-22-13-20(32-19-9-7-6-8-10-19)14-23-25(22)17(15-27-23)11-24(21)29(3)16-18/h6-10,13-15,18,21,24,27H,4-5,11-12,16H2,1-3H3,(H,28,31)/t18-,21+,24+/m0/s1. The van der Waals surface area contributed by atoms with Crippen molar-refractivity contribution in [3.05, 3.63) is 59.8 Å². The third kappa shape index (κ3) is 3.90. The van der Waals surface area contributed by atoms with Crippen LogP contribution in [0.5, 0.6) is 0 Å². The zero-order valence-electron chi connectivity index (χ0n) is 19.1. The van der Waals surface area contributed by atoms with Crippen molar-refractivity contribution < 1.29 is 4.79 Å². The van der Waals surface area contributed by atoms with Gasteiger partial charge in [-0.2, -0.15) is 0 Å². The molecule has 32 heavy (non-hydrogen) atoms. The Labute approximate surface area is 194 Å². The van der Waals surface area contributed by atoms with Gasteiger partial charge in [0.15, 0.2) is 0 Å². The topological polar surface area (TPSA) is 51.4 Å². The van der Waals surface area contributed by atoms with Gasteiger partial charge in [-0.05, 0) is 69.1 Å². The van der Waals surface area contributed by atoms with E-state index in [4.69, 9.17) is 0 Å². The number of likely N-dealkylation sites (tertiary alicyclic amines) is 1. The summed E-state index contributed by atoms with van der Waals surface area (Å²) in [7, 11) is 2.21. The van der Waals surface area contributed by atoms with E-state index in [1.165, 1.54) is 31.8 Å². The maximum absolute atomic E-state index is 12.7. The van der Waals surface area contributed by atoms with Gasteiger partial charge in [-0.15, -0.1) is 0 Å². The Morgan fingerprint density at radius 2 is 1.97 bits per heavy atom. The molecule has 0 bridgehead atoms. The predicted octanol–water partition coefficient (Wildman–Crippen LogP) is 5.08. The van der Waals surface area contributed by atoms with Crippen LogP contribution >= 0.6 is 11.8 Å². The minimum absolute atomic E-state index is 0.0588. The Bertz CT molecular complexity index is 1110. The number of likely N-dealkylation sites (N-methyl/N-ethyl adjacent to an activating group) is 1. The number of piperidine rings is 1. The molecule has 6 heteroatoms. The first-order valence-electron chi connectivity index (χ1n) is 11.7. The van der Waals surface area contributed by atoms with Gasteiger partial charge in [-0.3, -0.25) is 0 Å². The van der Waals surface area contributed by atoms with E-state index in [9.17, 15) is 4.79 Å². The number of aromatic amines is 1. The van der Waals surface area contributed by atoms with Crippen LogP contribution in [-0.2, 0) is 6.42 Å². The molecule has 2 amide bonds. The van der Waals surface area contributed by atoms with Gasteiger partial charge < -0.3 is 20.1 Å². The molecule has 2 aromatic carbocycles. The smallest absolute Gasteiger partial charge is 0.317 e. The third-order valence-corrected chi connectivity index (χ3v) is 8.11. The summed E-state index contributed by atoms with van der Waals surface area (Å²) in [5, 5.41) is 4.72. The Kier molecular flexibility index (Phi) is 5.91. The number of carbonyl (C=O) groups excluding carboxylic acids is 1. The van der Waals surface area contributed by atoms with Crippen molar-refractivity contribution in [3.63, 3.8) is 0 Å². The summed E-state index contributed by atoms with van der Waals surface area (Å²) in [4.78, 5) is 23.1. The molecule has 0 radical (unpaired) electrons. The first-order valence-corrected chi connectivity index (χ1v) is 12.5. The predicted molar refractivity (Wildman–Crippen MR) is 132 cm³/mol. The SMILES string of the molecule is CCN(CC)C(=O)N[C@H]1C[C@@H]2c3cc(Sc4ccccc4)cc4[nH]cc(c34)C[C@H]2N(C)C1. The molecule has 168 valence electrons. The molecule has 3 atom stereocenters. The zero-order valence-corrected chi connectivity index (χ0v) is 19.9. The summed E-state index contributed by atoms with van der Waals surface area (Å²) in [5.41, 5.74) is 4.08. The van der Waals surface area contributed by atoms with Gasteiger partial charge in [0, 0.05) is 64.5 Å². The quantitative estimate of drug-likeness (QED) is 0.572. The number of urea groups is 1. The molecule has 2 aliphatic rings. The van der Waals surface area contributed by atoms with Crippen molar-refractivity contribution >= 4 is 28.7 Å². The molecule has 0 saturated carbocycles. The Morgan fingerprint density at radius 1 is 1.19 bits per heavy atom. The lowest BCUT2D eigenvalue weighted by Crippen LogP contribution is -2.56. The molecule has 1 saturated heterocycles. The molecule has 1 fully saturated rings. The number of H-pyrrole nitrogens is 1. The number of nitrogens with one attached hydrogen (secondary N) is 2. The van der Waals surface area contributed by atoms with Crippen molar-refractivity contribution in [1.82, 2.24) is 20.1 Å². The number of hydrogen-bond donors (Lipinski definition) is 2. The summed E-state index contributed by atoms with van der Waals surface area (Å²) < 4.78 is 0. The fourth-order valence-corrected chi connectivity index (χ4v) is 6.48. The van der Waals surface area contributed by atoms with Crippen molar-refractivity contribution in [2.24, 2.45) is 0 Å². The molecule has 3 aromatic rings. The third-order valence-electron chi connectivity index (χ3n) is 7.13. The number of fused-ring (bicyclic) bond motifs is 2. The minimum atomic E-state index is 0.0588. The lowest BCUT2D eigenvalue weighted by Gasteiger charge is -2.46. The fraction of sp³-hybridized carbons (Fsp3) is 0.423. The van der Waals surface area contributed by atoms with Crippen molar-refractivity contribution in [3.8, 4) is 0 Å². The van der Waals surface area contributed by atoms with Crippen LogP contribution in [-0.4, -0.2) is 59.6 Å². The second kappa shape index (κ2) is 8.83. The molecule has 2 heterocycles. The van der Waals surface area contributed by atoms with E-state index in [0.29, 0.717) is 12.0 Å². The lowest BCUT2D eigenvalue weighted by atomic mass is 9.74. The van der Waals surface area contributed by atoms with Gasteiger partial charge in [-0.1, -0.05) is 30.0 Å². The molecular weight excluding hydrogens is 416 g/mol. The molecule has 5 nitrogen and oxygen atoms in total. The number of rotatable bonds is 5. The number of carbonyl (C=O) groups is 1. The Balaban J connectivity index is 1.46. The minimum Gasteiger partial charge on any atom is -0.361 e. The molecular formula is C26H32N4OS. The number of nitrogens with zero attached hydrogens (tertiary/aromatic N) is 2. The number of aromatic nitrogens is 1. The average molecular weight is 449 g/mol. The van der Waals surface area contributed by atoms with Gasteiger partial charge in [0.25, 0.3) is 0 Å². The molecule has 0 spiro atoms. The molecule has 1 aliphatic carbocycles. The van der Waals surface area contributed by atoms with Crippen LogP contribution < -0.4 is 5.32 Å². The van der Waals surface area contributed by atoms with Crippen LogP contribution in [0.3, 0.4) is 0 Å². The van der Waals surface area contributed by atoms with Crippen molar-refractivity contribution in [2.75, 3.05) is 26.7 Å². The van der Waals surface area contributed by atoms with Gasteiger partial charge in [0.2, 0.25) is 0 Å². The highest BCUT2D eigenvalue weighted by Gasteiger charge is 2.40. The van der Waals surface area contributed by atoms with E-state index in [0.717, 1.165) is 32.5 Å². The molecule has 1 aromatic heterocycles. The van der Waals surface area contributed by atoms with Crippen LogP contribution in [0.1, 0.15) is 37.3 Å². The second-order valence-electron chi connectivity index (χ2n) is 9.04. The summed E-state index contributed by atoms with van der Waals surface area (Å²) in [6, 6.07) is 15.9. The lowest BCUT2D eigenvalue weighted by molar-refractivity contribution is 0.124. The van der Waals surface area contributed by atoms with Crippen LogP contribution in [0.25, 0.3) is 10.9 Å². The van der Waals surface area contributed by atoms with Crippen LogP contribution in [0.2, 0.25) is 0 Å². The zero-order chi connectivity index (χ0) is 22.2. The largest absolute Gasteiger partial charge is 0.361 e. The second-order valence-corrected chi connectivity index (χ2v) is 10.2. The number of hydrogen-bond acceptors (Lipinski definition) is 3. The van der Waals surface area contributed by atoms with Gasteiger partial charge >= 0.3 is 6.03 Å². The normalized spacial score (nSPS) is 22.5. The molecule has 2 N–H and O–H groups in total. The Hall–Kier alpha value is -2.44. The molecule has 0 unspecified atom stereocenters. The maximum atomic E-state index is 12.7. The van der Waals surface area contributed by atoms with Crippen LogP contribution in [0.15, 0.2) is 58.5 Å². The van der Waals surface area contributed by atoms with E-state index >= 15 is 0 Å². The van der Waals surface area contributed by atoms with Gasteiger partial charge in [0.1, 0.15) is 0 Å². The monoisotopic (exact) mass is 448 g/mol. The molecule has 5 rings (SSSR count). The van der Waals surface area contributed by atoms with Crippen molar-refractivity contribution in [2.45, 2.75) is 54.5 Å². The molecule has 1 aliphatic heterocycles. The van der Waals surface area contributed by atoms with E-state index < -0.39 is 0 Å². The first kappa shape index (κ1) is 21.4. The Morgan fingerprint density at radius 3 is 2.72 bits per heavy atom. The van der Waals surface area contributed by atoms with E-state index in [-0.39, 0.29) is 12.1 Å². The first-order chi connectivity index (χ1) is 15.6.